The second kappa shape index (κ2) is 6.33. The molecule has 0 amide bonds. The smallest absolute Gasteiger partial charge is 0.234 e. The number of benzene rings is 1. The number of alkyl halides is 1. The van der Waals surface area contributed by atoms with Crippen LogP contribution in [0.2, 0.25) is 0 Å². The van der Waals surface area contributed by atoms with E-state index in [0.29, 0.717) is 30.0 Å². The predicted molar refractivity (Wildman–Crippen MR) is 90.8 cm³/mol. The van der Waals surface area contributed by atoms with E-state index in [2.05, 4.69) is 16.5 Å². The SMILES string of the molecule is C=CCOc1ccc(C(=O)c2c([C@H]3C[C@@H]3F)nc3ncc(F)cn23)cc1. The van der Waals surface area contributed by atoms with Crippen molar-refractivity contribution >= 4 is 11.6 Å². The van der Waals surface area contributed by atoms with Crippen LogP contribution in [0.15, 0.2) is 49.3 Å². The van der Waals surface area contributed by atoms with Gasteiger partial charge in [0.1, 0.15) is 24.2 Å². The molecule has 0 unspecified atom stereocenters. The quantitative estimate of drug-likeness (QED) is 0.502. The van der Waals surface area contributed by atoms with Gasteiger partial charge in [-0.3, -0.25) is 9.20 Å². The fraction of sp³-hybridized carbons (Fsp3) is 0.211. The van der Waals surface area contributed by atoms with Gasteiger partial charge in [0.25, 0.3) is 0 Å². The molecule has 3 aromatic rings. The highest BCUT2D eigenvalue weighted by Crippen LogP contribution is 2.44. The number of aromatic nitrogens is 3. The lowest BCUT2D eigenvalue weighted by atomic mass is 10.0. The number of ether oxygens (including phenoxy) is 1. The number of halogens is 2. The van der Waals surface area contributed by atoms with Gasteiger partial charge in [0, 0.05) is 11.5 Å². The molecule has 26 heavy (non-hydrogen) atoms. The van der Waals surface area contributed by atoms with Gasteiger partial charge in [-0.1, -0.05) is 12.7 Å². The molecule has 1 fully saturated rings. The fourth-order valence-corrected chi connectivity index (χ4v) is 2.85. The molecule has 0 saturated heterocycles. The van der Waals surface area contributed by atoms with Crippen LogP contribution in [0.5, 0.6) is 5.75 Å². The van der Waals surface area contributed by atoms with Crippen LogP contribution in [0.1, 0.15) is 34.1 Å². The van der Waals surface area contributed by atoms with Crippen molar-refractivity contribution < 1.29 is 18.3 Å². The van der Waals surface area contributed by atoms with Crippen LogP contribution in [0.3, 0.4) is 0 Å². The Bertz CT molecular complexity index is 998. The highest BCUT2D eigenvalue weighted by Gasteiger charge is 2.44. The molecule has 2 aromatic heterocycles. The summed E-state index contributed by atoms with van der Waals surface area (Å²) < 4.78 is 33.9. The summed E-state index contributed by atoms with van der Waals surface area (Å²) in [5.41, 5.74) is 0.851. The minimum Gasteiger partial charge on any atom is -0.490 e. The van der Waals surface area contributed by atoms with Crippen LogP contribution in [0, 0.1) is 5.82 Å². The molecule has 7 heteroatoms. The molecule has 2 atom stereocenters. The third kappa shape index (κ3) is 2.85. The number of ketones is 1. The Kier molecular flexibility index (Phi) is 3.99. The molecule has 0 N–H and O–H groups in total. The summed E-state index contributed by atoms with van der Waals surface area (Å²) in [5.74, 6) is -0.646. The zero-order valence-electron chi connectivity index (χ0n) is 13.7. The number of imidazole rings is 1. The van der Waals surface area contributed by atoms with Crippen LogP contribution >= 0.6 is 0 Å². The summed E-state index contributed by atoms with van der Waals surface area (Å²) in [5, 5.41) is 0. The Morgan fingerprint density at radius 2 is 2.12 bits per heavy atom. The van der Waals surface area contributed by atoms with E-state index in [1.54, 1.807) is 30.3 Å². The lowest BCUT2D eigenvalue weighted by Gasteiger charge is -2.06. The number of rotatable bonds is 6. The van der Waals surface area contributed by atoms with Crippen molar-refractivity contribution in [1.82, 2.24) is 14.4 Å². The van der Waals surface area contributed by atoms with Gasteiger partial charge in [0.15, 0.2) is 5.82 Å². The molecule has 132 valence electrons. The van der Waals surface area contributed by atoms with Gasteiger partial charge < -0.3 is 4.74 Å². The van der Waals surface area contributed by atoms with Crippen molar-refractivity contribution in [3.63, 3.8) is 0 Å². The van der Waals surface area contributed by atoms with E-state index in [1.807, 2.05) is 0 Å². The summed E-state index contributed by atoms with van der Waals surface area (Å²) in [6.07, 6.45) is 3.05. The second-order valence-electron chi connectivity index (χ2n) is 6.10. The van der Waals surface area contributed by atoms with E-state index in [4.69, 9.17) is 4.74 Å². The van der Waals surface area contributed by atoms with Gasteiger partial charge in [-0.15, -0.1) is 0 Å². The third-order valence-electron chi connectivity index (χ3n) is 4.24. The number of carbonyl (C=O) groups is 1. The first-order valence-corrected chi connectivity index (χ1v) is 8.14. The first-order chi connectivity index (χ1) is 12.6. The Hall–Kier alpha value is -3.09. The van der Waals surface area contributed by atoms with E-state index in [0.717, 1.165) is 12.4 Å². The molecule has 5 nitrogen and oxygen atoms in total. The summed E-state index contributed by atoms with van der Waals surface area (Å²) in [7, 11) is 0. The molecular weight excluding hydrogens is 340 g/mol. The van der Waals surface area contributed by atoms with Crippen molar-refractivity contribution in [3.05, 3.63) is 72.1 Å². The van der Waals surface area contributed by atoms with E-state index in [1.165, 1.54) is 4.40 Å². The average molecular weight is 355 g/mol. The first kappa shape index (κ1) is 16.4. The van der Waals surface area contributed by atoms with E-state index in [9.17, 15) is 13.6 Å². The Morgan fingerprint density at radius 3 is 2.77 bits per heavy atom. The number of hydrogen-bond acceptors (Lipinski definition) is 4. The monoisotopic (exact) mass is 355 g/mol. The zero-order valence-corrected chi connectivity index (χ0v) is 13.7. The van der Waals surface area contributed by atoms with Gasteiger partial charge in [-0.05, 0) is 30.7 Å². The lowest BCUT2D eigenvalue weighted by Crippen LogP contribution is -2.09. The molecule has 1 aliphatic rings. The van der Waals surface area contributed by atoms with Gasteiger partial charge in [0.05, 0.1) is 18.1 Å². The van der Waals surface area contributed by atoms with Crippen molar-refractivity contribution in [2.45, 2.75) is 18.5 Å². The van der Waals surface area contributed by atoms with Crippen LogP contribution in [-0.4, -0.2) is 32.9 Å². The van der Waals surface area contributed by atoms with Crippen molar-refractivity contribution in [2.75, 3.05) is 6.61 Å². The van der Waals surface area contributed by atoms with Crippen molar-refractivity contribution in [1.29, 1.82) is 0 Å². The molecule has 0 radical (unpaired) electrons. The highest BCUT2D eigenvalue weighted by atomic mass is 19.1. The molecule has 2 heterocycles. The van der Waals surface area contributed by atoms with Gasteiger partial charge in [0.2, 0.25) is 11.6 Å². The number of fused-ring (bicyclic) bond motifs is 1. The maximum atomic E-state index is 13.6. The normalized spacial score (nSPS) is 18.7. The van der Waals surface area contributed by atoms with E-state index >= 15 is 0 Å². The van der Waals surface area contributed by atoms with Crippen LogP contribution < -0.4 is 4.74 Å². The van der Waals surface area contributed by atoms with Gasteiger partial charge in [-0.2, -0.15) is 0 Å². The molecule has 0 bridgehead atoms. The van der Waals surface area contributed by atoms with Crippen LogP contribution in [-0.2, 0) is 0 Å². The van der Waals surface area contributed by atoms with Gasteiger partial charge in [-0.25, -0.2) is 18.7 Å². The maximum Gasteiger partial charge on any atom is 0.234 e. The fourth-order valence-electron chi connectivity index (χ4n) is 2.85. The predicted octanol–water partition coefficient (Wildman–Crippen LogP) is 3.49. The van der Waals surface area contributed by atoms with Crippen molar-refractivity contribution in [3.8, 4) is 5.75 Å². The summed E-state index contributed by atoms with van der Waals surface area (Å²) in [4.78, 5) is 21.2. The third-order valence-corrected chi connectivity index (χ3v) is 4.24. The Labute approximate surface area is 148 Å². The molecule has 1 saturated carbocycles. The Balaban J connectivity index is 1.76. The minimum atomic E-state index is -1.04. The first-order valence-electron chi connectivity index (χ1n) is 8.14. The van der Waals surface area contributed by atoms with Crippen LogP contribution in [0.25, 0.3) is 5.78 Å². The van der Waals surface area contributed by atoms with Gasteiger partial charge >= 0.3 is 0 Å². The number of carbonyl (C=O) groups excluding carboxylic acids is 1. The topological polar surface area (TPSA) is 56.5 Å². The number of hydrogen-bond donors (Lipinski definition) is 0. The second-order valence-corrected chi connectivity index (χ2v) is 6.10. The molecule has 1 aliphatic carbocycles. The number of nitrogens with zero attached hydrogens (tertiary/aromatic N) is 3. The molecular formula is C19H15F2N3O2. The summed E-state index contributed by atoms with van der Waals surface area (Å²) >= 11 is 0. The Morgan fingerprint density at radius 1 is 1.38 bits per heavy atom. The van der Waals surface area contributed by atoms with Crippen molar-refractivity contribution in [2.24, 2.45) is 0 Å². The molecule has 1 aromatic carbocycles. The standard InChI is InChI=1S/C19H15F2N3O2/c1-2-7-26-13-5-3-11(4-6-13)18(25)17-16(14-8-15(14)21)23-19-22-9-12(20)10-24(17)19/h2-6,9-10,14-15H,1,7-8H2/t14-,15-/m0/s1. The average Bonchev–Trinajstić information content (AvgIpc) is 3.25. The molecule has 4 rings (SSSR count). The maximum absolute atomic E-state index is 13.6. The largest absolute Gasteiger partial charge is 0.490 e. The highest BCUT2D eigenvalue weighted by molar-refractivity contribution is 6.09. The summed E-state index contributed by atoms with van der Waals surface area (Å²) in [6.45, 7) is 3.93. The summed E-state index contributed by atoms with van der Waals surface area (Å²) in [6, 6.07) is 6.54. The minimum absolute atomic E-state index is 0.150. The van der Waals surface area contributed by atoms with Crippen LogP contribution in [0.4, 0.5) is 8.78 Å². The lowest BCUT2D eigenvalue weighted by molar-refractivity contribution is 0.103. The van der Waals surface area contributed by atoms with E-state index in [-0.39, 0.29) is 17.3 Å². The zero-order chi connectivity index (χ0) is 18.3. The van der Waals surface area contributed by atoms with E-state index < -0.39 is 17.9 Å². The molecule has 0 spiro atoms. The molecule has 0 aliphatic heterocycles.